The molecule has 1 saturated heterocycles. The summed E-state index contributed by atoms with van der Waals surface area (Å²) in [6, 6.07) is 4.41. The summed E-state index contributed by atoms with van der Waals surface area (Å²) in [6.45, 7) is 6.95. The molecule has 0 aliphatic carbocycles. The zero-order valence-electron chi connectivity index (χ0n) is 12.1. The molecule has 0 aromatic carbocycles. The van der Waals surface area contributed by atoms with Gasteiger partial charge in [-0.3, -0.25) is 4.40 Å². The van der Waals surface area contributed by atoms with E-state index in [0.717, 1.165) is 17.9 Å². The van der Waals surface area contributed by atoms with Crippen LogP contribution in [0.2, 0.25) is 5.02 Å². The van der Waals surface area contributed by atoms with E-state index in [2.05, 4.69) is 33.3 Å². The molecule has 0 saturated carbocycles. The fourth-order valence-electron chi connectivity index (χ4n) is 2.99. The van der Waals surface area contributed by atoms with E-state index in [1.807, 2.05) is 18.3 Å². The molecular formula is C15H21ClN4. The first-order valence-corrected chi connectivity index (χ1v) is 7.74. The molecule has 108 valence electrons. The van der Waals surface area contributed by atoms with Gasteiger partial charge in [-0.25, -0.2) is 0 Å². The number of hydrogen-bond donors (Lipinski definition) is 0. The Hall–Kier alpha value is -1.13. The summed E-state index contributed by atoms with van der Waals surface area (Å²) in [7, 11) is 0. The van der Waals surface area contributed by atoms with Crippen molar-refractivity contribution < 1.29 is 0 Å². The fourth-order valence-corrected chi connectivity index (χ4v) is 3.14. The Balaban J connectivity index is 1.68. The summed E-state index contributed by atoms with van der Waals surface area (Å²) in [5.74, 6) is 1.77. The topological polar surface area (TPSA) is 33.4 Å². The Morgan fingerprint density at radius 3 is 2.75 bits per heavy atom. The Kier molecular flexibility index (Phi) is 3.94. The second kappa shape index (κ2) is 5.70. The highest BCUT2D eigenvalue weighted by atomic mass is 35.5. The molecule has 5 heteroatoms. The van der Waals surface area contributed by atoms with E-state index < -0.39 is 0 Å². The summed E-state index contributed by atoms with van der Waals surface area (Å²) in [6.07, 6.45) is 5.48. The second-order valence-electron chi connectivity index (χ2n) is 5.97. The van der Waals surface area contributed by atoms with Crippen molar-refractivity contribution in [1.82, 2.24) is 19.5 Å². The summed E-state index contributed by atoms with van der Waals surface area (Å²) in [5.41, 5.74) is 0.840. The molecule has 4 nitrogen and oxygen atoms in total. The van der Waals surface area contributed by atoms with E-state index in [1.54, 1.807) is 0 Å². The molecular weight excluding hydrogens is 272 g/mol. The predicted molar refractivity (Wildman–Crippen MR) is 81.1 cm³/mol. The Morgan fingerprint density at radius 1 is 1.30 bits per heavy atom. The van der Waals surface area contributed by atoms with Crippen LogP contribution in [0.25, 0.3) is 5.65 Å². The highest BCUT2D eigenvalue weighted by Gasteiger charge is 2.22. The van der Waals surface area contributed by atoms with E-state index in [1.165, 1.54) is 25.9 Å². The van der Waals surface area contributed by atoms with Gasteiger partial charge in [0.05, 0.1) is 0 Å². The summed E-state index contributed by atoms with van der Waals surface area (Å²) in [5, 5.41) is 9.24. The minimum Gasteiger partial charge on any atom is -0.301 e. The van der Waals surface area contributed by atoms with Crippen LogP contribution in [0.1, 0.15) is 32.5 Å². The molecule has 0 amide bonds. The van der Waals surface area contributed by atoms with Gasteiger partial charge in [0, 0.05) is 29.7 Å². The van der Waals surface area contributed by atoms with Crippen molar-refractivity contribution in [2.24, 2.45) is 5.92 Å². The third-order valence-electron chi connectivity index (χ3n) is 4.29. The van der Waals surface area contributed by atoms with E-state index in [9.17, 15) is 0 Å². The van der Waals surface area contributed by atoms with Crippen molar-refractivity contribution in [3.8, 4) is 0 Å². The van der Waals surface area contributed by atoms with Crippen LogP contribution >= 0.6 is 11.6 Å². The fraction of sp³-hybridized carbons (Fsp3) is 0.600. The van der Waals surface area contributed by atoms with Crippen molar-refractivity contribution in [2.75, 3.05) is 13.1 Å². The van der Waals surface area contributed by atoms with Gasteiger partial charge in [-0.05, 0) is 51.8 Å². The smallest absolute Gasteiger partial charge is 0.162 e. The van der Waals surface area contributed by atoms with Crippen LogP contribution in [0, 0.1) is 5.92 Å². The van der Waals surface area contributed by atoms with Crippen LogP contribution in [-0.2, 0) is 6.42 Å². The number of rotatable bonds is 3. The van der Waals surface area contributed by atoms with Gasteiger partial charge in [0.25, 0.3) is 0 Å². The molecule has 3 heterocycles. The van der Waals surface area contributed by atoms with Gasteiger partial charge in [0.1, 0.15) is 5.82 Å². The zero-order valence-corrected chi connectivity index (χ0v) is 12.8. The Labute approximate surface area is 124 Å². The van der Waals surface area contributed by atoms with E-state index in [-0.39, 0.29) is 0 Å². The highest BCUT2D eigenvalue weighted by Crippen LogP contribution is 2.23. The first-order valence-electron chi connectivity index (χ1n) is 7.36. The highest BCUT2D eigenvalue weighted by molar-refractivity contribution is 6.30. The number of hydrogen-bond acceptors (Lipinski definition) is 3. The maximum absolute atomic E-state index is 5.98. The van der Waals surface area contributed by atoms with Gasteiger partial charge < -0.3 is 4.90 Å². The van der Waals surface area contributed by atoms with Crippen molar-refractivity contribution in [1.29, 1.82) is 0 Å². The quantitative estimate of drug-likeness (QED) is 0.872. The Bertz CT molecular complexity index is 585. The zero-order chi connectivity index (χ0) is 14.1. The molecule has 1 aliphatic rings. The monoisotopic (exact) mass is 292 g/mol. The van der Waals surface area contributed by atoms with E-state index >= 15 is 0 Å². The van der Waals surface area contributed by atoms with Gasteiger partial charge in [0.2, 0.25) is 0 Å². The average molecular weight is 293 g/mol. The molecule has 0 unspecified atom stereocenters. The molecule has 1 fully saturated rings. The standard InChI is InChI=1S/C15H21ClN4/c1-11(2)19-6-3-12(4-7-19)9-14-17-18-15-10-13(16)5-8-20(14)15/h5,8,10-12H,3-4,6-7,9H2,1-2H3. The predicted octanol–water partition coefficient (Wildman–Crippen LogP) is 3.05. The lowest BCUT2D eigenvalue weighted by Crippen LogP contribution is -2.38. The SMILES string of the molecule is CC(C)N1CCC(Cc2nnc3cc(Cl)ccn23)CC1. The number of pyridine rings is 1. The third kappa shape index (κ3) is 2.81. The van der Waals surface area contributed by atoms with Crippen LogP contribution in [0.5, 0.6) is 0 Å². The van der Waals surface area contributed by atoms with Gasteiger partial charge in [0.15, 0.2) is 5.65 Å². The van der Waals surface area contributed by atoms with E-state index in [4.69, 9.17) is 11.6 Å². The molecule has 0 bridgehead atoms. The first kappa shape index (κ1) is 13.8. The van der Waals surface area contributed by atoms with Crippen LogP contribution < -0.4 is 0 Å². The molecule has 2 aromatic heterocycles. The summed E-state index contributed by atoms with van der Waals surface area (Å²) in [4.78, 5) is 2.55. The molecule has 3 rings (SSSR count). The molecule has 0 radical (unpaired) electrons. The molecule has 0 N–H and O–H groups in total. The minimum atomic E-state index is 0.659. The van der Waals surface area contributed by atoms with Crippen molar-refractivity contribution in [3.63, 3.8) is 0 Å². The minimum absolute atomic E-state index is 0.659. The lowest BCUT2D eigenvalue weighted by molar-refractivity contribution is 0.148. The van der Waals surface area contributed by atoms with Crippen LogP contribution in [-0.4, -0.2) is 38.6 Å². The van der Waals surface area contributed by atoms with Gasteiger partial charge in [-0.2, -0.15) is 0 Å². The summed E-state index contributed by atoms with van der Waals surface area (Å²) >= 11 is 5.98. The molecule has 0 spiro atoms. The average Bonchev–Trinajstić information content (AvgIpc) is 2.81. The van der Waals surface area contributed by atoms with Gasteiger partial charge >= 0.3 is 0 Å². The van der Waals surface area contributed by atoms with Crippen LogP contribution in [0.4, 0.5) is 0 Å². The first-order chi connectivity index (χ1) is 9.63. The van der Waals surface area contributed by atoms with Crippen LogP contribution in [0.15, 0.2) is 18.3 Å². The molecule has 2 aromatic rings. The van der Waals surface area contributed by atoms with Crippen molar-refractivity contribution >= 4 is 17.2 Å². The maximum atomic E-state index is 5.98. The number of halogens is 1. The van der Waals surface area contributed by atoms with E-state index in [0.29, 0.717) is 17.0 Å². The lowest BCUT2D eigenvalue weighted by Gasteiger charge is -2.34. The van der Waals surface area contributed by atoms with Gasteiger partial charge in [-0.15, -0.1) is 10.2 Å². The molecule has 1 aliphatic heterocycles. The number of nitrogens with zero attached hydrogens (tertiary/aromatic N) is 4. The van der Waals surface area contributed by atoms with Gasteiger partial charge in [-0.1, -0.05) is 11.6 Å². The number of likely N-dealkylation sites (tertiary alicyclic amines) is 1. The third-order valence-corrected chi connectivity index (χ3v) is 4.53. The Morgan fingerprint density at radius 2 is 2.05 bits per heavy atom. The number of piperidine rings is 1. The number of aromatic nitrogens is 3. The van der Waals surface area contributed by atoms with Crippen LogP contribution in [0.3, 0.4) is 0 Å². The second-order valence-corrected chi connectivity index (χ2v) is 6.40. The largest absolute Gasteiger partial charge is 0.301 e. The van der Waals surface area contributed by atoms with Crippen molar-refractivity contribution in [2.45, 2.75) is 39.2 Å². The normalized spacial score (nSPS) is 18.2. The number of fused-ring (bicyclic) bond motifs is 1. The summed E-state index contributed by atoms with van der Waals surface area (Å²) < 4.78 is 2.06. The molecule has 0 atom stereocenters. The molecule has 20 heavy (non-hydrogen) atoms. The lowest BCUT2D eigenvalue weighted by atomic mass is 9.92. The van der Waals surface area contributed by atoms with Crippen molar-refractivity contribution in [3.05, 3.63) is 29.2 Å². The maximum Gasteiger partial charge on any atom is 0.162 e.